The van der Waals surface area contributed by atoms with Crippen molar-refractivity contribution < 1.29 is 13.2 Å². The van der Waals surface area contributed by atoms with E-state index >= 15 is 0 Å². The molecule has 9 nitrogen and oxygen atoms in total. The van der Waals surface area contributed by atoms with E-state index in [-0.39, 0.29) is 5.16 Å². The Bertz CT molecular complexity index is 1170. The molecule has 0 radical (unpaired) electrons. The lowest BCUT2D eigenvalue weighted by Gasteiger charge is -2.32. The summed E-state index contributed by atoms with van der Waals surface area (Å²) in [6.07, 6.45) is 6.99. The fourth-order valence-electron chi connectivity index (χ4n) is 3.86. The van der Waals surface area contributed by atoms with Crippen LogP contribution in [0.2, 0.25) is 0 Å². The summed E-state index contributed by atoms with van der Waals surface area (Å²) < 4.78 is 29.9. The van der Waals surface area contributed by atoms with Crippen LogP contribution >= 0.6 is 0 Å². The van der Waals surface area contributed by atoms with Crippen LogP contribution < -0.4 is 9.64 Å². The van der Waals surface area contributed by atoms with Crippen molar-refractivity contribution in [2.75, 3.05) is 30.9 Å². The Kier molecular flexibility index (Phi) is 4.80. The molecule has 158 valence electrons. The second kappa shape index (κ2) is 7.50. The zero-order chi connectivity index (χ0) is 20.7. The number of ether oxygens (including phenoxy) is 1. The number of piperidine rings is 1. The quantitative estimate of drug-likeness (QED) is 0.595. The van der Waals surface area contributed by atoms with Crippen LogP contribution in [-0.2, 0) is 9.84 Å². The summed E-state index contributed by atoms with van der Waals surface area (Å²) in [4.78, 5) is 14.8. The summed E-state index contributed by atoms with van der Waals surface area (Å²) in [6.45, 7) is 2.09. The zero-order valence-electron chi connectivity index (χ0n) is 16.8. The van der Waals surface area contributed by atoms with E-state index in [0.717, 1.165) is 61.8 Å². The topological polar surface area (TPSA) is 114 Å². The van der Waals surface area contributed by atoms with Crippen LogP contribution in [0.5, 0.6) is 5.88 Å². The Balaban J connectivity index is 1.35. The summed E-state index contributed by atoms with van der Waals surface area (Å²) in [5, 5.41) is 8.34. The zero-order valence-corrected chi connectivity index (χ0v) is 17.6. The molecule has 2 aliphatic rings. The Labute approximate surface area is 174 Å². The molecule has 0 aromatic carbocycles. The fourth-order valence-corrected chi connectivity index (χ4v) is 4.38. The number of hydrogen-bond donors (Lipinski definition) is 1. The van der Waals surface area contributed by atoms with Crippen LogP contribution in [0.15, 0.2) is 29.6 Å². The molecule has 5 rings (SSSR count). The van der Waals surface area contributed by atoms with Crippen molar-refractivity contribution in [1.29, 1.82) is 0 Å². The highest BCUT2D eigenvalue weighted by molar-refractivity contribution is 7.90. The van der Waals surface area contributed by atoms with Gasteiger partial charge in [-0.2, -0.15) is 10.1 Å². The van der Waals surface area contributed by atoms with E-state index in [2.05, 4.69) is 30.0 Å². The molecule has 0 atom stereocenters. The molecule has 1 saturated carbocycles. The van der Waals surface area contributed by atoms with E-state index in [1.54, 1.807) is 12.3 Å². The third-order valence-corrected chi connectivity index (χ3v) is 6.60. The van der Waals surface area contributed by atoms with Gasteiger partial charge in [0.05, 0.1) is 6.61 Å². The molecule has 30 heavy (non-hydrogen) atoms. The maximum atomic E-state index is 12.1. The first-order valence-electron chi connectivity index (χ1n) is 10.2. The highest BCUT2D eigenvalue weighted by atomic mass is 32.2. The van der Waals surface area contributed by atoms with Crippen LogP contribution in [0.1, 0.15) is 37.3 Å². The van der Waals surface area contributed by atoms with Crippen molar-refractivity contribution in [3.63, 3.8) is 0 Å². The Morgan fingerprint density at radius 3 is 2.73 bits per heavy atom. The van der Waals surface area contributed by atoms with Gasteiger partial charge < -0.3 is 9.64 Å². The van der Waals surface area contributed by atoms with Crippen molar-refractivity contribution in [1.82, 2.24) is 25.1 Å². The number of pyridine rings is 1. The van der Waals surface area contributed by atoms with Crippen LogP contribution in [0.25, 0.3) is 11.0 Å². The Morgan fingerprint density at radius 2 is 2.00 bits per heavy atom. The third-order valence-electron chi connectivity index (χ3n) is 5.75. The second-order valence-corrected chi connectivity index (χ2v) is 10.1. The molecule has 1 N–H and O–H groups in total. The Hall–Kier alpha value is -2.75. The fraction of sp³-hybridized carbons (Fsp3) is 0.500. The predicted octanol–water partition coefficient (Wildman–Crippen LogP) is 2.32. The summed E-state index contributed by atoms with van der Waals surface area (Å²) in [7, 11) is -3.53. The lowest BCUT2D eigenvalue weighted by Crippen LogP contribution is -2.34. The summed E-state index contributed by atoms with van der Waals surface area (Å²) in [5.74, 6) is 1.84. The molecule has 3 aromatic rings. The van der Waals surface area contributed by atoms with Crippen LogP contribution in [0.3, 0.4) is 0 Å². The molecule has 1 saturated heterocycles. The first kappa shape index (κ1) is 19.2. The molecule has 1 aliphatic carbocycles. The number of nitrogens with one attached hydrogen (secondary N) is 1. The standard InChI is InChI=1S/C20H24N6O3S/c1-30(27,28)20-22-16(11-17(23-20)29-12-13-4-5-13)26-9-6-14(7-10-26)18-15-3-2-8-21-19(15)25-24-18/h2-3,8,11,13-14H,4-7,9-10,12H2,1H3,(H,21,24,25). The monoisotopic (exact) mass is 428 g/mol. The van der Waals surface area contributed by atoms with Gasteiger partial charge in [-0.1, -0.05) is 0 Å². The van der Waals surface area contributed by atoms with E-state index < -0.39 is 9.84 Å². The van der Waals surface area contributed by atoms with Gasteiger partial charge in [0.2, 0.25) is 15.7 Å². The van der Waals surface area contributed by atoms with Crippen molar-refractivity contribution in [2.24, 2.45) is 5.92 Å². The van der Waals surface area contributed by atoms with Gasteiger partial charge in [0.1, 0.15) is 5.82 Å². The first-order chi connectivity index (χ1) is 14.5. The molecule has 0 spiro atoms. The van der Waals surface area contributed by atoms with E-state index in [1.807, 2.05) is 12.1 Å². The molecule has 0 amide bonds. The van der Waals surface area contributed by atoms with Crippen LogP contribution in [0, 0.1) is 5.92 Å². The summed E-state index contributed by atoms with van der Waals surface area (Å²) in [6, 6.07) is 5.72. The number of rotatable bonds is 6. The van der Waals surface area contributed by atoms with Gasteiger partial charge >= 0.3 is 0 Å². The summed E-state index contributed by atoms with van der Waals surface area (Å²) in [5.41, 5.74) is 1.85. The van der Waals surface area contributed by atoms with Gasteiger partial charge in [-0.25, -0.2) is 18.4 Å². The molecule has 10 heteroatoms. The van der Waals surface area contributed by atoms with E-state index in [0.29, 0.717) is 30.1 Å². The van der Waals surface area contributed by atoms with Gasteiger partial charge in [-0.05, 0) is 43.7 Å². The maximum Gasteiger partial charge on any atom is 0.252 e. The second-order valence-electron chi connectivity index (χ2n) is 8.15. The normalized spacial score (nSPS) is 18.1. The SMILES string of the molecule is CS(=O)(=O)c1nc(OCC2CC2)cc(N2CCC(c3[nH]nc4ncccc34)CC2)n1. The largest absolute Gasteiger partial charge is 0.477 e. The smallest absolute Gasteiger partial charge is 0.252 e. The van der Waals surface area contributed by atoms with Gasteiger partial charge in [0.25, 0.3) is 5.16 Å². The van der Waals surface area contributed by atoms with E-state index in [4.69, 9.17) is 4.74 Å². The third kappa shape index (κ3) is 3.96. The van der Waals surface area contributed by atoms with Crippen LogP contribution in [0.4, 0.5) is 5.82 Å². The van der Waals surface area contributed by atoms with Crippen molar-refractivity contribution in [3.05, 3.63) is 30.1 Å². The molecule has 1 aliphatic heterocycles. The van der Waals surface area contributed by atoms with E-state index in [9.17, 15) is 8.42 Å². The van der Waals surface area contributed by atoms with Gasteiger partial charge in [0, 0.05) is 48.6 Å². The van der Waals surface area contributed by atoms with Crippen molar-refractivity contribution in [3.8, 4) is 5.88 Å². The number of aromatic nitrogens is 5. The molecule has 3 aromatic heterocycles. The first-order valence-corrected chi connectivity index (χ1v) is 12.1. The lowest BCUT2D eigenvalue weighted by atomic mass is 9.92. The van der Waals surface area contributed by atoms with Gasteiger partial charge in [-0.3, -0.25) is 5.10 Å². The predicted molar refractivity (Wildman–Crippen MR) is 111 cm³/mol. The Morgan fingerprint density at radius 1 is 1.20 bits per heavy atom. The number of sulfone groups is 1. The lowest BCUT2D eigenvalue weighted by molar-refractivity contribution is 0.285. The van der Waals surface area contributed by atoms with Crippen LogP contribution in [-0.4, -0.2) is 59.5 Å². The minimum atomic E-state index is -3.53. The highest BCUT2D eigenvalue weighted by Gasteiger charge is 2.27. The number of anilines is 1. The van der Waals surface area contributed by atoms with Crippen molar-refractivity contribution >= 4 is 26.7 Å². The molecular weight excluding hydrogens is 404 g/mol. The minimum Gasteiger partial charge on any atom is -0.477 e. The molecular formula is C20H24N6O3S. The highest BCUT2D eigenvalue weighted by Crippen LogP contribution is 2.34. The minimum absolute atomic E-state index is 0.182. The number of aromatic amines is 1. The van der Waals surface area contributed by atoms with Crippen molar-refractivity contribution in [2.45, 2.75) is 36.8 Å². The average Bonchev–Trinajstić information content (AvgIpc) is 3.48. The number of fused-ring (bicyclic) bond motifs is 1. The van der Waals surface area contributed by atoms with Gasteiger partial charge in [-0.15, -0.1) is 0 Å². The van der Waals surface area contributed by atoms with Gasteiger partial charge in [0.15, 0.2) is 5.65 Å². The molecule has 0 bridgehead atoms. The average molecular weight is 429 g/mol. The molecule has 2 fully saturated rings. The van der Waals surface area contributed by atoms with E-state index in [1.165, 1.54) is 0 Å². The number of nitrogens with zero attached hydrogens (tertiary/aromatic N) is 5. The number of H-pyrrole nitrogens is 1. The molecule has 0 unspecified atom stereocenters. The molecule has 4 heterocycles. The maximum absolute atomic E-state index is 12.1. The number of hydrogen-bond acceptors (Lipinski definition) is 8. The summed E-state index contributed by atoms with van der Waals surface area (Å²) >= 11 is 0.